The van der Waals surface area contributed by atoms with Gasteiger partial charge in [-0.15, -0.1) is 11.3 Å². The van der Waals surface area contributed by atoms with E-state index >= 15 is 0 Å². The smallest absolute Gasteiger partial charge is 0.265 e. The van der Waals surface area contributed by atoms with E-state index in [0.29, 0.717) is 22.0 Å². The summed E-state index contributed by atoms with van der Waals surface area (Å²) in [6.45, 7) is 4.49. The van der Waals surface area contributed by atoms with Crippen LogP contribution in [0.4, 0.5) is 10.8 Å². The Labute approximate surface area is 181 Å². The number of ether oxygens (including phenoxy) is 1. The molecule has 3 aromatic heterocycles. The zero-order valence-electron chi connectivity index (χ0n) is 16.6. The molecule has 0 radical (unpaired) electrons. The van der Waals surface area contributed by atoms with E-state index in [-0.39, 0.29) is 5.91 Å². The van der Waals surface area contributed by atoms with Gasteiger partial charge in [-0.3, -0.25) is 4.79 Å². The van der Waals surface area contributed by atoms with Gasteiger partial charge < -0.3 is 19.8 Å². The summed E-state index contributed by atoms with van der Waals surface area (Å²) in [4.78, 5) is 23.2. The molecule has 5 rings (SSSR count). The number of carbonyl (C=O) groups is 1. The number of nitrogens with one attached hydrogen (secondary N) is 2. The number of rotatable bonds is 6. The van der Waals surface area contributed by atoms with E-state index in [1.165, 1.54) is 11.3 Å². The Morgan fingerprint density at radius 2 is 2.07 bits per heavy atom. The van der Waals surface area contributed by atoms with Gasteiger partial charge in [0.2, 0.25) is 0 Å². The van der Waals surface area contributed by atoms with Gasteiger partial charge in [-0.1, -0.05) is 11.3 Å². The minimum Gasteiger partial charge on any atom is -0.441 e. The maximum absolute atomic E-state index is 12.7. The SMILES string of the molecule is Cc1nc2cc(NC(=O)c3cc4sc(NCCC5CCOCC5)nc4s3)ccc2o1. The number of carbonyl (C=O) groups excluding carboxylic acids is 1. The highest BCUT2D eigenvalue weighted by Crippen LogP contribution is 2.33. The number of hydrogen-bond acceptors (Lipinski definition) is 8. The van der Waals surface area contributed by atoms with E-state index in [0.717, 1.165) is 65.1 Å². The number of nitrogens with zero attached hydrogens (tertiary/aromatic N) is 2. The Morgan fingerprint density at radius 3 is 2.90 bits per heavy atom. The standard InChI is InChI=1S/C21H22N4O3S2/c1-12-23-15-10-14(2-3-16(15)28-12)24-19(26)17-11-18-20(29-17)25-21(30-18)22-7-4-13-5-8-27-9-6-13/h2-3,10-11,13H,4-9H2,1H3,(H,22,25)(H,24,26). The number of thiophene rings is 1. The zero-order valence-corrected chi connectivity index (χ0v) is 18.2. The molecule has 0 spiro atoms. The lowest BCUT2D eigenvalue weighted by Gasteiger charge is -2.21. The fourth-order valence-electron chi connectivity index (χ4n) is 3.65. The molecule has 4 aromatic rings. The fraction of sp³-hybridized carbons (Fsp3) is 0.381. The Kier molecular flexibility index (Phi) is 5.41. The van der Waals surface area contributed by atoms with Crippen molar-refractivity contribution >= 4 is 60.0 Å². The van der Waals surface area contributed by atoms with Gasteiger partial charge in [0.05, 0.1) is 9.58 Å². The predicted octanol–water partition coefficient (Wildman–Crippen LogP) is 5.29. The molecule has 30 heavy (non-hydrogen) atoms. The Bertz CT molecular complexity index is 1160. The van der Waals surface area contributed by atoms with Crippen molar-refractivity contribution in [1.82, 2.24) is 9.97 Å². The third-order valence-electron chi connectivity index (χ3n) is 5.24. The second-order valence-corrected chi connectivity index (χ2v) is 9.50. The molecule has 0 bridgehead atoms. The normalized spacial score (nSPS) is 15.1. The first kappa shape index (κ1) is 19.5. The number of hydrogen-bond donors (Lipinski definition) is 2. The monoisotopic (exact) mass is 442 g/mol. The highest BCUT2D eigenvalue weighted by Gasteiger charge is 2.16. The van der Waals surface area contributed by atoms with Crippen molar-refractivity contribution in [2.45, 2.75) is 26.2 Å². The first-order valence-corrected chi connectivity index (χ1v) is 11.7. The summed E-state index contributed by atoms with van der Waals surface area (Å²) in [5, 5.41) is 7.29. The molecule has 0 atom stereocenters. The highest BCUT2D eigenvalue weighted by atomic mass is 32.1. The van der Waals surface area contributed by atoms with Gasteiger partial charge in [-0.2, -0.15) is 0 Å². The molecular weight excluding hydrogens is 420 g/mol. The molecule has 4 heterocycles. The number of oxazole rings is 1. The first-order valence-electron chi connectivity index (χ1n) is 10.0. The molecule has 156 valence electrons. The van der Waals surface area contributed by atoms with Crippen LogP contribution >= 0.6 is 22.7 Å². The maximum atomic E-state index is 12.7. The lowest BCUT2D eigenvalue weighted by Crippen LogP contribution is -2.18. The Hall–Kier alpha value is -2.49. The van der Waals surface area contributed by atoms with Gasteiger partial charge in [0.25, 0.3) is 5.91 Å². The van der Waals surface area contributed by atoms with Crippen molar-refractivity contribution in [3.8, 4) is 0 Å². The van der Waals surface area contributed by atoms with E-state index in [1.807, 2.05) is 24.3 Å². The summed E-state index contributed by atoms with van der Waals surface area (Å²) in [5.74, 6) is 1.21. The van der Waals surface area contributed by atoms with Crippen LogP contribution < -0.4 is 10.6 Å². The average Bonchev–Trinajstić information content (AvgIpc) is 3.40. The van der Waals surface area contributed by atoms with Crippen LogP contribution in [0.15, 0.2) is 28.7 Å². The molecular formula is C21H22N4O3S2. The number of amides is 1. The van der Waals surface area contributed by atoms with E-state index in [4.69, 9.17) is 9.15 Å². The van der Waals surface area contributed by atoms with Gasteiger partial charge in [-0.25, -0.2) is 9.97 Å². The van der Waals surface area contributed by atoms with Crippen LogP contribution in [-0.2, 0) is 4.74 Å². The summed E-state index contributed by atoms with van der Waals surface area (Å²) in [6, 6.07) is 7.37. The van der Waals surface area contributed by atoms with Crippen LogP contribution in [0.2, 0.25) is 0 Å². The Morgan fingerprint density at radius 1 is 1.20 bits per heavy atom. The van der Waals surface area contributed by atoms with E-state index in [9.17, 15) is 4.79 Å². The number of anilines is 2. The van der Waals surface area contributed by atoms with Crippen molar-refractivity contribution in [3.63, 3.8) is 0 Å². The molecule has 7 nitrogen and oxygen atoms in total. The quantitative estimate of drug-likeness (QED) is 0.422. The fourth-order valence-corrected chi connectivity index (χ4v) is 5.69. The minimum absolute atomic E-state index is 0.140. The van der Waals surface area contributed by atoms with Crippen LogP contribution in [0.25, 0.3) is 20.6 Å². The molecule has 0 aliphatic carbocycles. The summed E-state index contributed by atoms with van der Waals surface area (Å²) in [7, 11) is 0. The number of aromatic nitrogens is 2. The van der Waals surface area contributed by atoms with Crippen LogP contribution in [-0.4, -0.2) is 35.6 Å². The third kappa shape index (κ3) is 4.19. The van der Waals surface area contributed by atoms with Gasteiger partial charge in [0.1, 0.15) is 10.3 Å². The average molecular weight is 443 g/mol. The third-order valence-corrected chi connectivity index (χ3v) is 7.35. The maximum Gasteiger partial charge on any atom is 0.265 e. The lowest BCUT2D eigenvalue weighted by atomic mass is 9.97. The van der Waals surface area contributed by atoms with Gasteiger partial charge >= 0.3 is 0 Å². The molecule has 1 aliphatic rings. The predicted molar refractivity (Wildman–Crippen MR) is 121 cm³/mol. The van der Waals surface area contributed by atoms with Crippen molar-refractivity contribution in [2.24, 2.45) is 5.92 Å². The minimum atomic E-state index is -0.140. The molecule has 1 aliphatic heterocycles. The van der Waals surface area contributed by atoms with E-state index < -0.39 is 0 Å². The first-order chi connectivity index (χ1) is 14.6. The lowest BCUT2D eigenvalue weighted by molar-refractivity contribution is 0.0649. The molecule has 9 heteroatoms. The molecule has 2 N–H and O–H groups in total. The number of thiazole rings is 1. The summed E-state index contributed by atoms with van der Waals surface area (Å²) in [6.07, 6.45) is 3.44. The molecule has 1 aromatic carbocycles. The molecule has 0 unspecified atom stereocenters. The van der Waals surface area contributed by atoms with Crippen molar-refractivity contribution in [1.29, 1.82) is 0 Å². The molecule has 1 saturated heterocycles. The topological polar surface area (TPSA) is 89.3 Å². The van der Waals surface area contributed by atoms with Crippen LogP contribution in [0.3, 0.4) is 0 Å². The number of fused-ring (bicyclic) bond motifs is 2. The van der Waals surface area contributed by atoms with Crippen LogP contribution in [0.5, 0.6) is 0 Å². The molecule has 1 fully saturated rings. The molecule has 1 amide bonds. The van der Waals surface area contributed by atoms with Crippen LogP contribution in [0.1, 0.15) is 34.8 Å². The van der Waals surface area contributed by atoms with Gasteiger partial charge in [0, 0.05) is 32.4 Å². The second kappa shape index (κ2) is 8.33. The molecule has 0 saturated carbocycles. The van der Waals surface area contributed by atoms with Crippen molar-refractivity contribution in [2.75, 3.05) is 30.4 Å². The van der Waals surface area contributed by atoms with Crippen molar-refractivity contribution in [3.05, 3.63) is 35.0 Å². The zero-order chi connectivity index (χ0) is 20.5. The number of benzene rings is 1. The summed E-state index contributed by atoms with van der Waals surface area (Å²) in [5.41, 5.74) is 2.14. The van der Waals surface area contributed by atoms with Crippen molar-refractivity contribution < 1.29 is 13.9 Å². The van der Waals surface area contributed by atoms with E-state index in [1.54, 1.807) is 18.3 Å². The van der Waals surface area contributed by atoms with Gasteiger partial charge in [0.15, 0.2) is 16.6 Å². The summed E-state index contributed by atoms with van der Waals surface area (Å²) >= 11 is 3.01. The number of aryl methyl sites for hydroxylation is 1. The largest absolute Gasteiger partial charge is 0.441 e. The van der Waals surface area contributed by atoms with Crippen LogP contribution in [0, 0.1) is 12.8 Å². The van der Waals surface area contributed by atoms with E-state index in [2.05, 4.69) is 20.6 Å². The highest BCUT2D eigenvalue weighted by molar-refractivity contribution is 7.29. The van der Waals surface area contributed by atoms with Gasteiger partial charge in [-0.05, 0) is 49.4 Å². The second-order valence-electron chi connectivity index (χ2n) is 7.44. The summed E-state index contributed by atoms with van der Waals surface area (Å²) < 4.78 is 11.9. The Balaban J connectivity index is 1.21.